The van der Waals surface area contributed by atoms with Crippen LogP contribution in [0.1, 0.15) is 72.1 Å². The van der Waals surface area contributed by atoms with Crippen molar-refractivity contribution < 1.29 is 0 Å². The van der Waals surface area contributed by atoms with Crippen LogP contribution in [0.25, 0.3) is 0 Å². The molecule has 3 atom stereocenters. The van der Waals surface area contributed by atoms with Crippen molar-refractivity contribution >= 4 is 0 Å². The largest absolute Gasteiger partial charge is 0.315 e. The van der Waals surface area contributed by atoms with Crippen LogP contribution in [0.15, 0.2) is 0 Å². The fraction of sp³-hybridized carbons (Fsp3) is 1.00. The Kier molecular flexibility index (Phi) is 5.30. The van der Waals surface area contributed by atoms with Gasteiger partial charge >= 0.3 is 0 Å². The van der Waals surface area contributed by atoms with E-state index >= 15 is 0 Å². The van der Waals surface area contributed by atoms with Crippen LogP contribution in [0.4, 0.5) is 0 Å². The number of nitrogens with zero attached hydrogens (tertiary/aromatic N) is 1. The zero-order valence-corrected chi connectivity index (χ0v) is 13.5. The van der Waals surface area contributed by atoms with Crippen molar-refractivity contribution in [3.8, 4) is 0 Å². The first-order valence-corrected chi connectivity index (χ1v) is 8.50. The maximum absolute atomic E-state index is 3.61. The normalized spacial score (nSPS) is 36.3. The Balaban J connectivity index is 2.09. The topological polar surface area (TPSA) is 15.3 Å². The molecule has 19 heavy (non-hydrogen) atoms. The lowest BCUT2D eigenvalue weighted by atomic mass is 9.71. The van der Waals surface area contributed by atoms with Crippen molar-refractivity contribution in [2.45, 2.75) is 90.3 Å². The molecule has 0 aromatic heterocycles. The van der Waals surface area contributed by atoms with Crippen molar-refractivity contribution in [3.63, 3.8) is 0 Å². The van der Waals surface area contributed by atoms with Crippen LogP contribution in [0.2, 0.25) is 0 Å². The zero-order valence-electron chi connectivity index (χ0n) is 13.5. The maximum atomic E-state index is 3.61. The standard InChI is InChI=1S/C17H34N2/c1-5-8-14-9-6-7-12-19(14)16-13-17(2,3)11-10-15(16)18-4/h14-16,18H,5-13H2,1-4H3. The average molecular weight is 266 g/mol. The molecule has 0 aromatic rings. The Morgan fingerprint density at radius 3 is 2.68 bits per heavy atom. The summed E-state index contributed by atoms with van der Waals surface area (Å²) in [5.74, 6) is 0. The summed E-state index contributed by atoms with van der Waals surface area (Å²) in [5, 5.41) is 3.61. The quantitative estimate of drug-likeness (QED) is 0.832. The number of hydrogen-bond acceptors (Lipinski definition) is 2. The molecule has 1 N–H and O–H groups in total. The first kappa shape index (κ1) is 15.3. The molecule has 1 aliphatic carbocycles. The zero-order chi connectivity index (χ0) is 13.9. The minimum absolute atomic E-state index is 0.534. The molecular formula is C17H34N2. The molecule has 1 heterocycles. The Morgan fingerprint density at radius 1 is 1.21 bits per heavy atom. The molecule has 2 fully saturated rings. The second-order valence-corrected chi connectivity index (χ2v) is 7.55. The Morgan fingerprint density at radius 2 is 2.00 bits per heavy atom. The Bertz CT molecular complexity index is 272. The van der Waals surface area contributed by atoms with Crippen LogP contribution in [0.3, 0.4) is 0 Å². The third-order valence-electron chi connectivity index (χ3n) is 5.45. The summed E-state index contributed by atoms with van der Waals surface area (Å²) >= 11 is 0. The van der Waals surface area contributed by atoms with Gasteiger partial charge in [-0.2, -0.15) is 0 Å². The van der Waals surface area contributed by atoms with E-state index < -0.39 is 0 Å². The minimum atomic E-state index is 0.534. The van der Waals surface area contributed by atoms with Crippen molar-refractivity contribution in [1.82, 2.24) is 10.2 Å². The molecule has 112 valence electrons. The third kappa shape index (κ3) is 3.72. The van der Waals surface area contributed by atoms with Crippen LogP contribution in [0, 0.1) is 5.41 Å². The highest BCUT2D eigenvalue weighted by Gasteiger charge is 2.39. The molecule has 1 saturated heterocycles. The summed E-state index contributed by atoms with van der Waals surface area (Å²) in [6.07, 6.45) is 11.1. The molecule has 0 radical (unpaired) electrons. The van der Waals surface area contributed by atoms with Gasteiger partial charge in [-0.3, -0.25) is 4.90 Å². The molecule has 0 bridgehead atoms. The molecule has 2 rings (SSSR count). The fourth-order valence-electron chi connectivity index (χ4n) is 4.34. The average Bonchev–Trinajstić information content (AvgIpc) is 2.39. The maximum Gasteiger partial charge on any atom is 0.0257 e. The first-order chi connectivity index (χ1) is 9.07. The second-order valence-electron chi connectivity index (χ2n) is 7.55. The highest BCUT2D eigenvalue weighted by atomic mass is 15.2. The summed E-state index contributed by atoms with van der Waals surface area (Å²) in [4.78, 5) is 2.88. The molecule has 2 aliphatic rings. The lowest BCUT2D eigenvalue weighted by molar-refractivity contribution is 0.0163. The summed E-state index contributed by atoms with van der Waals surface area (Å²) in [6, 6.07) is 2.34. The number of likely N-dealkylation sites (N-methyl/N-ethyl adjacent to an activating group) is 1. The van der Waals surface area contributed by atoms with E-state index in [9.17, 15) is 0 Å². The lowest BCUT2D eigenvalue weighted by Gasteiger charge is -2.50. The summed E-state index contributed by atoms with van der Waals surface area (Å²) in [7, 11) is 2.16. The number of rotatable bonds is 4. The summed E-state index contributed by atoms with van der Waals surface area (Å²) in [6.45, 7) is 8.60. The molecular weight excluding hydrogens is 232 g/mol. The Hall–Kier alpha value is -0.0800. The number of hydrogen-bond donors (Lipinski definition) is 1. The van der Waals surface area contributed by atoms with Gasteiger partial charge in [-0.15, -0.1) is 0 Å². The van der Waals surface area contributed by atoms with Crippen LogP contribution in [-0.4, -0.2) is 36.6 Å². The van der Waals surface area contributed by atoms with E-state index in [2.05, 4.69) is 38.0 Å². The molecule has 0 amide bonds. The predicted molar refractivity (Wildman–Crippen MR) is 83.5 cm³/mol. The molecule has 1 saturated carbocycles. The van der Waals surface area contributed by atoms with E-state index in [0.717, 1.165) is 12.1 Å². The molecule has 2 heteroatoms. The van der Waals surface area contributed by atoms with Gasteiger partial charge < -0.3 is 5.32 Å². The van der Waals surface area contributed by atoms with E-state index in [1.165, 1.54) is 57.9 Å². The van der Waals surface area contributed by atoms with Crippen LogP contribution < -0.4 is 5.32 Å². The third-order valence-corrected chi connectivity index (χ3v) is 5.45. The number of nitrogens with one attached hydrogen (secondary N) is 1. The molecule has 3 unspecified atom stereocenters. The van der Waals surface area contributed by atoms with E-state index in [1.54, 1.807) is 0 Å². The van der Waals surface area contributed by atoms with E-state index in [0.29, 0.717) is 11.5 Å². The van der Waals surface area contributed by atoms with Crippen LogP contribution in [0.5, 0.6) is 0 Å². The molecule has 0 spiro atoms. The van der Waals surface area contributed by atoms with Gasteiger partial charge in [0.15, 0.2) is 0 Å². The van der Waals surface area contributed by atoms with Gasteiger partial charge in [-0.1, -0.05) is 33.6 Å². The van der Waals surface area contributed by atoms with Crippen LogP contribution in [-0.2, 0) is 0 Å². The predicted octanol–water partition coefficient (Wildman–Crippen LogP) is 3.81. The smallest absolute Gasteiger partial charge is 0.0257 e. The van der Waals surface area contributed by atoms with Crippen LogP contribution >= 0.6 is 0 Å². The van der Waals surface area contributed by atoms with Gasteiger partial charge in [0.1, 0.15) is 0 Å². The van der Waals surface area contributed by atoms with Gasteiger partial charge in [0, 0.05) is 18.1 Å². The van der Waals surface area contributed by atoms with Gasteiger partial charge in [-0.25, -0.2) is 0 Å². The SMILES string of the molecule is CCCC1CCCCN1C1CC(C)(C)CCC1NC. The Labute approximate surface area is 120 Å². The van der Waals surface area contributed by atoms with Crippen molar-refractivity contribution in [1.29, 1.82) is 0 Å². The highest BCUT2D eigenvalue weighted by molar-refractivity contribution is 4.96. The van der Waals surface area contributed by atoms with Crippen molar-refractivity contribution in [2.75, 3.05) is 13.6 Å². The van der Waals surface area contributed by atoms with E-state index in [1.807, 2.05) is 0 Å². The monoisotopic (exact) mass is 266 g/mol. The van der Waals surface area contributed by atoms with Crippen molar-refractivity contribution in [2.24, 2.45) is 5.41 Å². The van der Waals surface area contributed by atoms with E-state index in [-0.39, 0.29) is 0 Å². The van der Waals surface area contributed by atoms with E-state index in [4.69, 9.17) is 0 Å². The van der Waals surface area contributed by atoms with Gasteiger partial charge in [0.25, 0.3) is 0 Å². The first-order valence-electron chi connectivity index (χ1n) is 8.50. The molecule has 0 aromatic carbocycles. The van der Waals surface area contributed by atoms with Gasteiger partial charge in [0.05, 0.1) is 0 Å². The van der Waals surface area contributed by atoms with Gasteiger partial charge in [0.2, 0.25) is 0 Å². The number of piperidine rings is 1. The van der Waals surface area contributed by atoms with Gasteiger partial charge in [-0.05, 0) is 57.5 Å². The lowest BCUT2D eigenvalue weighted by Crippen LogP contribution is -2.58. The fourth-order valence-corrected chi connectivity index (χ4v) is 4.34. The summed E-state index contributed by atoms with van der Waals surface area (Å²) < 4.78 is 0. The summed E-state index contributed by atoms with van der Waals surface area (Å²) in [5.41, 5.74) is 0.534. The molecule has 1 aliphatic heterocycles. The number of likely N-dealkylation sites (tertiary alicyclic amines) is 1. The second kappa shape index (κ2) is 6.58. The highest BCUT2D eigenvalue weighted by Crippen LogP contribution is 2.39. The molecule has 2 nitrogen and oxygen atoms in total. The van der Waals surface area contributed by atoms with Crippen molar-refractivity contribution in [3.05, 3.63) is 0 Å². The minimum Gasteiger partial charge on any atom is -0.315 e.